The molecule has 0 saturated carbocycles. The summed E-state index contributed by atoms with van der Waals surface area (Å²) in [6.45, 7) is 2.84. The highest BCUT2D eigenvalue weighted by Gasteiger charge is 2.12. The van der Waals surface area contributed by atoms with Crippen LogP contribution in [0.15, 0.2) is 0 Å². The van der Waals surface area contributed by atoms with Crippen LogP contribution in [0, 0.1) is 4.77 Å². The number of aliphatic hydroxyl groups excluding tert-OH is 1. The van der Waals surface area contributed by atoms with Crippen molar-refractivity contribution in [1.82, 2.24) is 19.2 Å². The molecule has 1 aromatic rings. The Hall–Kier alpha value is -0.370. The van der Waals surface area contributed by atoms with Gasteiger partial charge in [-0.25, -0.2) is 4.68 Å². The molecule has 2 rings (SSSR count). The van der Waals surface area contributed by atoms with Crippen LogP contribution >= 0.6 is 24.0 Å². The quantitative estimate of drug-likeness (QED) is 0.828. The Bertz CT molecular complexity index is 420. The van der Waals surface area contributed by atoms with Gasteiger partial charge in [0.15, 0.2) is 10.6 Å². The monoisotopic (exact) mass is 274 g/mol. The third-order valence-electron chi connectivity index (χ3n) is 2.92. The first-order valence-electron chi connectivity index (χ1n) is 5.76. The van der Waals surface area contributed by atoms with Crippen LogP contribution < -0.4 is 0 Å². The van der Waals surface area contributed by atoms with Gasteiger partial charge in [0.2, 0.25) is 0 Å². The first kappa shape index (κ1) is 13.1. The third kappa shape index (κ3) is 3.09. The Morgan fingerprint density at radius 3 is 2.94 bits per heavy atom. The molecular formula is C10H18N4OS2. The zero-order chi connectivity index (χ0) is 12.3. The lowest BCUT2D eigenvalue weighted by molar-refractivity contribution is 0.218. The Morgan fingerprint density at radius 2 is 2.24 bits per heavy atom. The van der Waals surface area contributed by atoms with E-state index in [4.69, 9.17) is 17.3 Å². The van der Waals surface area contributed by atoms with Crippen molar-refractivity contribution in [2.75, 3.05) is 24.6 Å². The Kier molecular flexibility index (Phi) is 4.61. The molecule has 0 radical (unpaired) electrons. The van der Waals surface area contributed by atoms with Gasteiger partial charge in [0.25, 0.3) is 0 Å². The summed E-state index contributed by atoms with van der Waals surface area (Å²) >= 11 is 7.31. The van der Waals surface area contributed by atoms with Gasteiger partial charge in [-0.1, -0.05) is 0 Å². The fourth-order valence-corrected chi connectivity index (χ4v) is 3.02. The first-order valence-corrected chi connectivity index (χ1v) is 7.32. The molecule has 1 aliphatic heterocycles. The summed E-state index contributed by atoms with van der Waals surface area (Å²) < 4.78 is 4.24. The van der Waals surface area contributed by atoms with E-state index in [1.54, 1.807) is 9.25 Å². The molecule has 0 bridgehead atoms. The highest BCUT2D eigenvalue weighted by molar-refractivity contribution is 7.99. The van der Waals surface area contributed by atoms with Crippen LogP contribution in [0.4, 0.5) is 0 Å². The fourth-order valence-electron chi connectivity index (χ4n) is 1.89. The van der Waals surface area contributed by atoms with E-state index >= 15 is 0 Å². The number of aromatic nitrogens is 3. The van der Waals surface area contributed by atoms with Crippen molar-refractivity contribution in [2.45, 2.75) is 19.7 Å². The van der Waals surface area contributed by atoms with Gasteiger partial charge in [-0.15, -0.1) is 0 Å². The largest absolute Gasteiger partial charge is 0.388 e. The van der Waals surface area contributed by atoms with E-state index in [0.29, 0.717) is 10.6 Å². The molecule has 17 heavy (non-hydrogen) atoms. The van der Waals surface area contributed by atoms with Crippen molar-refractivity contribution in [3.8, 4) is 0 Å². The molecule has 1 N–H and O–H groups in total. The van der Waals surface area contributed by atoms with Gasteiger partial charge in [0, 0.05) is 25.9 Å². The van der Waals surface area contributed by atoms with Crippen molar-refractivity contribution in [1.29, 1.82) is 0 Å². The molecule has 0 spiro atoms. The van der Waals surface area contributed by atoms with E-state index in [1.807, 2.05) is 18.8 Å². The van der Waals surface area contributed by atoms with Gasteiger partial charge >= 0.3 is 0 Å². The number of thioether (sulfide) groups is 1. The van der Waals surface area contributed by atoms with Gasteiger partial charge in [-0.2, -0.15) is 16.9 Å². The summed E-state index contributed by atoms with van der Waals surface area (Å²) in [5.74, 6) is 3.04. The van der Waals surface area contributed by atoms with Gasteiger partial charge in [0.05, 0.1) is 6.67 Å². The topological polar surface area (TPSA) is 46.2 Å². The van der Waals surface area contributed by atoms with Crippen LogP contribution in [0.5, 0.6) is 0 Å². The number of nitrogens with zero attached hydrogens (tertiary/aromatic N) is 4. The summed E-state index contributed by atoms with van der Waals surface area (Å²) in [6, 6.07) is 0. The molecule has 0 amide bonds. The summed E-state index contributed by atoms with van der Waals surface area (Å²) in [7, 11) is 1.84. The van der Waals surface area contributed by atoms with Crippen LogP contribution in [0.2, 0.25) is 0 Å². The maximum Gasteiger partial charge on any atom is 0.198 e. The summed E-state index contributed by atoms with van der Waals surface area (Å²) in [6.07, 6.45) is 1.22. The van der Waals surface area contributed by atoms with Crippen molar-refractivity contribution in [3.63, 3.8) is 0 Å². The zero-order valence-electron chi connectivity index (χ0n) is 10.0. The Morgan fingerprint density at radius 1 is 1.41 bits per heavy atom. The summed E-state index contributed by atoms with van der Waals surface area (Å²) in [5, 5.41) is 13.5. The molecule has 1 aromatic heterocycles. The van der Waals surface area contributed by atoms with Crippen LogP contribution in [0.3, 0.4) is 0 Å². The van der Waals surface area contributed by atoms with E-state index in [2.05, 4.69) is 10.00 Å². The Labute approximate surface area is 110 Å². The normalized spacial score (nSPS) is 18.2. The van der Waals surface area contributed by atoms with E-state index in [0.717, 1.165) is 19.8 Å². The van der Waals surface area contributed by atoms with Crippen LogP contribution in [-0.4, -0.2) is 48.9 Å². The second-order valence-corrected chi connectivity index (χ2v) is 5.73. The van der Waals surface area contributed by atoms with Crippen molar-refractivity contribution in [2.24, 2.45) is 7.05 Å². The molecule has 0 aliphatic carbocycles. The van der Waals surface area contributed by atoms with Gasteiger partial charge in [-0.3, -0.25) is 4.90 Å². The lowest BCUT2D eigenvalue weighted by Gasteiger charge is -2.18. The highest BCUT2D eigenvalue weighted by Crippen LogP contribution is 2.11. The average Bonchev–Trinajstić information content (AvgIpc) is 2.54. The average molecular weight is 274 g/mol. The standard InChI is InChI=1S/C10H18N4OS2/c1-12-9(7-15)11-14(10(12)16)8-13-3-2-5-17-6-4-13/h15H,2-8H2,1H3. The predicted molar refractivity (Wildman–Crippen MR) is 71.5 cm³/mol. The van der Waals surface area contributed by atoms with E-state index in [9.17, 15) is 0 Å². The maximum absolute atomic E-state index is 9.15. The zero-order valence-corrected chi connectivity index (χ0v) is 11.6. The number of rotatable bonds is 3. The lowest BCUT2D eigenvalue weighted by Crippen LogP contribution is -2.29. The minimum Gasteiger partial charge on any atom is -0.388 e. The van der Waals surface area contributed by atoms with E-state index in [-0.39, 0.29) is 6.61 Å². The maximum atomic E-state index is 9.15. The number of hydrogen-bond acceptors (Lipinski definition) is 5. The molecule has 96 valence electrons. The number of hydrogen-bond donors (Lipinski definition) is 1. The predicted octanol–water partition coefficient (Wildman–Crippen LogP) is 0.840. The van der Waals surface area contributed by atoms with Crippen molar-refractivity contribution < 1.29 is 5.11 Å². The lowest BCUT2D eigenvalue weighted by atomic mass is 10.4. The number of aliphatic hydroxyl groups is 1. The minimum atomic E-state index is -0.0665. The molecule has 5 nitrogen and oxygen atoms in total. The highest BCUT2D eigenvalue weighted by atomic mass is 32.2. The van der Waals surface area contributed by atoms with E-state index < -0.39 is 0 Å². The molecule has 0 atom stereocenters. The van der Waals surface area contributed by atoms with Crippen molar-refractivity contribution in [3.05, 3.63) is 10.6 Å². The molecule has 1 fully saturated rings. The molecule has 0 aromatic carbocycles. The molecule has 2 heterocycles. The van der Waals surface area contributed by atoms with Crippen LogP contribution in [0.25, 0.3) is 0 Å². The molecule has 1 saturated heterocycles. The Balaban J connectivity index is 2.09. The molecular weight excluding hydrogens is 256 g/mol. The first-order chi connectivity index (χ1) is 8.22. The summed E-state index contributed by atoms with van der Waals surface area (Å²) in [5.41, 5.74) is 0. The van der Waals surface area contributed by atoms with Crippen LogP contribution in [-0.2, 0) is 20.3 Å². The molecule has 7 heteroatoms. The molecule has 0 unspecified atom stereocenters. The second-order valence-electron chi connectivity index (χ2n) is 4.14. The molecule has 1 aliphatic rings. The summed E-state index contributed by atoms with van der Waals surface area (Å²) in [4.78, 5) is 2.37. The smallest absolute Gasteiger partial charge is 0.198 e. The van der Waals surface area contributed by atoms with E-state index in [1.165, 1.54) is 17.9 Å². The van der Waals surface area contributed by atoms with Gasteiger partial charge in [0.1, 0.15) is 6.61 Å². The van der Waals surface area contributed by atoms with Gasteiger partial charge < -0.3 is 9.67 Å². The van der Waals surface area contributed by atoms with Crippen molar-refractivity contribution >= 4 is 24.0 Å². The SMILES string of the molecule is Cn1c(CO)nn(CN2CCCSCC2)c1=S. The minimum absolute atomic E-state index is 0.0665. The second kappa shape index (κ2) is 5.99. The van der Waals surface area contributed by atoms with Gasteiger partial charge in [-0.05, 0) is 24.4 Å². The van der Waals surface area contributed by atoms with Crippen LogP contribution in [0.1, 0.15) is 12.2 Å². The third-order valence-corrected chi connectivity index (χ3v) is 4.45. The fraction of sp³-hybridized carbons (Fsp3) is 0.800.